The minimum absolute atomic E-state index is 0.0837. The number of hydrogen-bond donors (Lipinski definition) is 2. The van der Waals surface area contributed by atoms with Gasteiger partial charge in [-0.3, -0.25) is 4.57 Å². The molecule has 1 saturated heterocycles. The van der Waals surface area contributed by atoms with Crippen LogP contribution in [0.1, 0.15) is 43.4 Å². The fourth-order valence-electron chi connectivity index (χ4n) is 4.50. The van der Waals surface area contributed by atoms with Gasteiger partial charge in [-0.25, -0.2) is 4.98 Å². The summed E-state index contributed by atoms with van der Waals surface area (Å²) < 4.78 is 8.78. The Hall–Kier alpha value is -2.05. The highest BCUT2D eigenvalue weighted by molar-refractivity contribution is 7.17. The summed E-state index contributed by atoms with van der Waals surface area (Å²) in [6.45, 7) is 5.98. The first-order valence-electron chi connectivity index (χ1n) is 8.07. The van der Waals surface area contributed by atoms with E-state index < -0.39 is 11.2 Å². The minimum atomic E-state index is -0.528. The number of thiazole rings is 1. The second kappa shape index (κ2) is 4.13. The molecule has 1 aromatic carbocycles. The van der Waals surface area contributed by atoms with Crippen LogP contribution in [-0.4, -0.2) is 19.8 Å². The average molecular weight is 342 g/mol. The zero-order valence-corrected chi connectivity index (χ0v) is 14.6. The van der Waals surface area contributed by atoms with Crippen molar-refractivity contribution in [2.75, 3.05) is 0 Å². The van der Waals surface area contributed by atoms with Gasteiger partial charge in [0, 0.05) is 0 Å². The lowest BCUT2D eigenvalue weighted by atomic mass is 9.80. The van der Waals surface area contributed by atoms with E-state index in [9.17, 15) is 10.2 Å². The molecule has 0 aliphatic carbocycles. The molecule has 2 bridgehead atoms. The summed E-state index contributed by atoms with van der Waals surface area (Å²) >= 11 is 1.56. The first kappa shape index (κ1) is 14.3. The highest BCUT2D eigenvalue weighted by Crippen LogP contribution is 2.64. The van der Waals surface area contributed by atoms with Gasteiger partial charge in [0.25, 0.3) is 0 Å². The number of fused-ring (bicyclic) bond motifs is 6. The smallest absolute Gasteiger partial charge is 0.205 e. The van der Waals surface area contributed by atoms with Crippen molar-refractivity contribution in [3.8, 4) is 17.4 Å². The van der Waals surface area contributed by atoms with Gasteiger partial charge in [-0.2, -0.15) is 0 Å². The maximum atomic E-state index is 10.9. The van der Waals surface area contributed by atoms with Crippen molar-refractivity contribution in [1.82, 2.24) is 9.55 Å². The predicted molar refractivity (Wildman–Crippen MR) is 92.0 cm³/mol. The molecule has 2 aliphatic heterocycles. The Morgan fingerprint density at radius 3 is 2.38 bits per heavy atom. The largest absolute Gasteiger partial charge is 0.494 e. The van der Waals surface area contributed by atoms with Gasteiger partial charge in [0.1, 0.15) is 0 Å². The molecule has 2 aliphatic rings. The first-order valence-corrected chi connectivity index (χ1v) is 8.95. The second-order valence-corrected chi connectivity index (χ2v) is 8.06. The molecule has 1 fully saturated rings. The molecule has 0 saturated carbocycles. The first-order chi connectivity index (χ1) is 11.4. The number of nitrogens with zero attached hydrogens (tertiary/aromatic N) is 2. The molecular formula is C18H18N2O3S. The van der Waals surface area contributed by atoms with Crippen LogP contribution in [0.2, 0.25) is 0 Å². The summed E-state index contributed by atoms with van der Waals surface area (Å²) in [5.74, 6) is 0.167. The zero-order chi connectivity index (χ0) is 16.9. The van der Waals surface area contributed by atoms with Crippen molar-refractivity contribution in [3.05, 3.63) is 34.3 Å². The molecule has 0 radical (unpaired) electrons. The highest BCUT2D eigenvalue weighted by Gasteiger charge is 2.59. The summed E-state index contributed by atoms with van der Waals surface area (Å²) in [6, 6.07) is 3.83. The molecule has 2 unspecified atom stereocenters. The summed E-state index contributed by atoms with van der Waals surface area (Å²) in [4.78, 5) is 4.33. The standard InChI is InChI=1S/C18H18N2O3S/c1-9-11(5-4-10-14(9)24-8-19-10)20-15(21)12-13(16(20)22)18(3)7-6-17(12,2)23-18/h4-5,8,21-22H,6-7H2,1-3H3. The normalized spacial score (nSPS) is 28.0. The van der Waals surface area contributed by atoms with Crippen molar-refractivity contribution in [2.45, 2.75) is 44.8 Å². The van der Waals surface area contributed by atoms with E-state index in [0.717, 1.165) is 45.4 Å². The third kappa shape index (κ3) is 1.46. The van der Waals surface area contributed by atoms with Gasteiger partial charge in [0.2, 0.25) is 11.8 Å². The Kier molecular flexibility index (Phi) is 2.46. The van der Waals surface area contributed by atoms with Crippen LogP contribution in [0.5, 0.6) is 11.8 Å². The minimum Gasteiger partial charge on any atom is -0.494 e. The summed E-state index contributed by atoms with van der Waals surface area (Å²) in [7, 11) is 0. The quantitative estimate of drug-likeness (QED) is 0.700. The molecule has 4 heterocycles. The lowest BCUT2D eigenvalue weighted by Gasteiger charge is -2.21. The van der Waals surface area contributed by atoms with Crippen LogP contribution in [0.25, 0.3) is 15.9 Å². The molecule has 5 rings (SSSR count). The number of benzene rings is 1. The third-order valence-corrected chi connectivity index (χ3v) is 6.63. The van der Waals surface area contributed by atoms with E-state index in [-0.39, 0.29) is 11.8 Å². The van der Waals surface area contributed by atoms with E-state index in [1.165, 1.54) is 0 Å². The highest BCUT2D eigenvalue weighted by atomic mass is 32.1. The molecule has 2 atom stereocenters. The van der Waals surface area contributed by atoms with E-state index in [1.807, 2.05) is 38.4 Å². The molecule has 3 aromatic rings. The monoisotopic (exact) mass is 342 g/mol. The Balaban J connectivity index is 1.84. The van der Waals surface area contributed by atoms with Crippen LogP contribution >= 0.6 is 11.3 Å². The number of aromatic nitrogens is 2. The van der Waals surface area contributed by atoms with E-state index in [2.05, 4.69) is 4.98 Å². The molecule has 0 amide bonds. The van der Waals surface area contributed by atoms with Crippen molar-refractivity contribution in [1.29, 1.82) is 0 Å². The van der Waals surface area contributed by atoms with Crippen LogP contribution in [0.3, 0.4) is 0 Å². The summed E-state index contributed by atoms with van der Waals surface area (Å²) in [5, 5.41) is 21.9. The van der Waals surface area contributed by atoms with Gasteiger partial charge in [-0.1, -0.05) is 0 Å². The van der Waals surface area contributed by atoms with Crippen LogP contribution < -0.4 is 0 Å². The predicted octanol–water partition coefficient (Wildman–Crippen LogP) is 4.06. The molecule has 6 heteroatoms. The maximum Gasteiger partial charge on any atom is 0.205 e. The second-order valence-electron chi connectivity index (χ2n) is 7.21. The van der Waals surface area contributed by atoms with E-state index in [0.29, 0.717) is 0 Å². The fraction of sp³-hybridized carbons (Fsp3) is 0.389. The van der Waals surface area contributed by atoms with Gasteiger partial charge in [-0.05, 0) is 51.3 Å². The van der Waals surface area contributed by atoms with E-state index in [4.69, 9.17) is 4.74 Å². The van der Waals surface area contributed by atoms with Gasteiger partial charge in [-0.15, -0.1) is 11.3 Å². The number of hydrogen-bond acceptors (Lipinski definition) is 5. The molecule has 2 aromatic heterocycles. The Labute approximate surface area is 143 Å². The maximum absolute atomic E-state index is 10.9. The summed E-state index contributed by atoms with van der Waals surface area (Å²) in [5.41, 5.74) is 4.93. The average Bonchev–Trinajstić information content (AvgIpc) is 3.22. The van der Waals surface area contributed by atoms with Crippen LogP contribution in [0.15, 0.2) is 17.6 Å². The van der Waals surface area contributed by atoms with Gasteiger partial charge >= 0.3 is 0 Å². The van der Waals surface area contributed by atoms with Crippen molar-refractivity contribution < 1.29 is 14.9 Å². The SMILES string of the molecule is Cc1c(-n2c(O)c3c(c2O)C2(C)CCC3(C)O2)ccc2ncsc12. The molecule has 0 spiro atoms. The molecular weight excluding hydrogens is 324 g/mol. The number of aryl methyl sites for hydroxylation is 1. The number of aromatic hydroxyl groups is 2. The van der Waals surface area contributed by atoms with E-state index >= 15 is 0 Å². The zero-order valence-electron chi connectivity index (χ0n) is 13.8. The Morgan fingerprint density at radius 2 is 1.75 bits per heavy atom. The Morgan fingerprint density at radius 1 is 1.12 bits per heavy atom. The lowest BCUT2D eigenvalue weighted by molar-refractivity contribution is -0.0683. The summed E-state index contributed by atoms with van der Waals surface area (Å²) in [6.07, 6.45) is 1.70. The van der Waals surface area contributed by atoms with Crippen molar-refractivity contribution in [3.63, 3.8) is 0 Å². The van der Waals surface area contributed by atoms with Crippen LogP contribution in [0, 0.1) is 6.92 Å². The van der Waals surface area contributed by atoms with E-state index in [1.54, 1.807) is 15.9 Å². The van der Waals surface area contributed by atoms with Crippen LogP contribution in [-0.2, 0) is 15.9 Å². The molecule has 2 N–H and O–H groups in total. The molecule has 124 valence electrons. The number of rotatable bonds is 1. The van der Waals surface area contributed by atoms with Gasteiger partial charge in [0.05, 0.1) is 43.7 Å². The van der Waals surface area contributed by atoms with Gasteiger partial charge < -0.3 is 14.9 Å². The van der Waals surface area contributed by atoms with Crippen molar-refractivity contribution in [2.24, 2.45) is 0 Å². The third-order valence-electron chi connectivity index (χ3n) is 5.67. The van der Waals surface area contributed by atoms with Gasteiger partial charge in [0.15, 0.2) is 0 Å². The van der Waals surface area contributed by atoms with Crippen molar-refractivity contribution >= 4 is 21.6 Å². The molecule has 24 heavy (non-hydrogen) atoms. The lowest BCUT2D eigenvalue weighted by Crippen LogP contribution is -2.17. The topological polar surface area (TPSA) is 67.5 Å². The Bertz CT molecular complexity index is 982. The van der Waals surface area contributed by atoms with Crippen LogP contribution in [0.4, 0.5) is 0 Å². The number of ether oxygens (including phenoxy) is 1. The molecule has 5 nitrogen and oxygen atoms in total. The fourth-order valence-corrected chi connectivity index (χ4v) is 5.30.